The van der Waals surface area contributed by atoms with E-state index in [2.05, 4.69) is 22.7 Å². The van der Waals surface area contributed by atoms with Crippen LogP contribution in [-0.4, -0.2) is 34.2 Å². The molecule has 1 aliphatic carbocycles. The van der Waals surface area contributed by atoms with Crippen molar-refractivity contribution in [1.29, 1.82) is 0 Å². The van der Waals surface area contributed by atoms with E-state index in [1.807, 2.05) is 25.6 Å². The van der Waals surface area contributed by atoms with Gasteiger partial charge in [0.2, 0.25) is 11.8 Å². The molecule has 2 N–H and O–H groups in total. The topological polar surface area (TPSA) is 67.2 Å². The van der Waals surface area contributed by atoms with Gasteiger partial charge in [-0.2, -0.15) is 11.8 Å². The van der Waals surface area contributed by atoms with Crippen LogP contribution >= 0.6 is 11.8 Å². The third-order valence-electron chi connectivity index (χ3n) is 3.82. The predicted octanol–water partition coefficient (Wildman–Crippen LogP) is 2.96. The number of nitrogens with zero attached hydrogens (tertiary/aromatic N) is 1. The molecule has 5 nitrogen and oxygen atoms in total. The molecular weight excluding hydrogens is 286 g/mol. The van der Waals surface area contributed by atoms with Crippen LogP contribution in [0.2, 0.25) is 0 Å². The summed E-state index contributed by atoms with van der Waals surface area (Å²) >= 11 is 2.00. The quantitative estimate of drug-likeness (QED) is 0.845. The first kappa shape index (κ1) is 16.4. The Morgan fingerprint density at radius 3 is 2.95 bits per heavy atom. The van der Waals surface area contributed by atoms with Crippen LogP contribution < -0.4 is 10.6 Å². The largest absolute Gasteiger partial charge is 0.338 e. The molecule has 1 heterocycles. The van der Waals surface area contributed by atoms with Gasteiger partial charge in [-0.25, -0.2) is 0 Å². The summed E-state index contributed by atoms with van der Waals surface area (Å²) in [6, 6.07) is 1.90. The van der Waals surface area contributed by atoms with Gasteiger partial charge in [-0.15, -0.1) is 0 Å². The van der Waals surface area contributed by atoms with E-state index < -0.39 is 0 Å². The molecule has 3 atom stereocenters. The van der Waals surface area contributed by atoms with E-state index in [0.29, 0.717) is 17.2 Å². The summed E-state index contributed by atoms with van der Waals surface area (Å²) in [4.78, 5) is 12.2. The first-order chi connectivity index (χ1) is 10.1. The van der Waals surface area contributed by atoms with Crippen LogP contribution in [0, 0.1) is 6.92 Å². The fourth-order valence-corrected chi connectivity index (χ4v) is 3.96. The van der Waals surface area contributed by atoms with Gasteiger partial charge in [0.05, 0.1) is 11.7 Å². The van der Waals surface area contributed by atoms with Crippen molar-refractivity contribution in [2.75, 3.05) is 11.1 Å². The van der Waals surface area contributed by atoms with Gasteiger partial charge in [0, 0.05) is 17.4 Å². The molecule has 0 unspecified atom stereocenters. The Morgan fingerprint density at radius 1 is 1.52 bits per heavy atom. The minimum absolute atomic E-state index is 0.0722. The van der Waals surface area contributed by atoms with Crippen molar-refractivity contribution in [3.63, 3.8) is 0 Å². The highest BCUT2D eigenvalue weighted by atomic mass is 32.2. The summed E-state index contributed by atoms with van der Waals surface area (Å²) in [5, 5.41) is 10.6. The standard InChI is InChI=1S/C15H25N3O2S/c1-4-21-13-8-6-5-7-12(13)16-11(3)15(19)17-14-9-10(2)18-20-14/h9,11-13,16H,4-8H2,1-3H3,(H,17,19)/t11-,12+,13+/m0/s1. The van der Waals surface area contributed by atoms with Gasteiger partial charge < -0.3 is 9.84 Å². The van der Waals surface area contributed by atoms with E-state index in [-0.39, 0.29) is 11.9 Å². The van der Waals surface area contributed by atoms with Gasteiger partial charge in [-0.05, 0) is 32.4 Å². The lowest BCUT2D eigenvalue weighted by molar-refractivity contribution is -0.118. The van der Waals surface area contributed by atoms with Gasteiger partial charge in [-0.1, -0.05) is 24.9 Å². The molecule has 0 bridgehead atoms. The summed E-state index contributed by atoms with van der Waals surface area (Å²) in [6.45, 7) is 5.93. The maximum atomic E-state index is 12.2. The Hall–Kier alpha value is -1.01. The minimum atomic E-state index is -0.238. The van der Waals surface area contributed by atoms with E-state index in [1.54, 1.807) is 6.07 Å². The van der Waals surface area contributed by atoms with Crippen molar-refractivity contribution >= 4 is 23.6 Å². The maximum absolute atomic E-state index is 12.2. The van der Waals surface area contributed by atoms with Crippen LogP contribution in [0.5, 0.6) is 0 Å². The molecule has 0 aliphatic heterocycles. The number of hydrogen-bond donors (Lipinski definition) is 2. The molecule has 118 valence electrons. The number of nitrogens with one attached hydrogen (secondary N) is 2. The molecule has 0 radical (unpaired) electrons. The highest BCUT2D eigenvalue weighted by molar-refractivity contribution is 7.99. The highest BCUT2D eigenvalue weighted by Crippen LogP contribution is 2.28. The summed E-state index contributed by atoms with van der Waals surface area (Å²) in [6.07, 6.45) is 4.93. The van der Waals surface area contributed by atoms with E-state index in [4.69, 9.17) is 4.52 Å². The van der Waals surface area contributed by atoms with Crippen molar-refractivity contribution < 1.29 is 9.32 Å². The second-order valence-electron chi connectivity index (χ2n) is 5.59. The van der Waals surface area contributed by atoms with Gasteiger partial charge >= 0.3 is 0 Å². The van der Waals surface area contributed by atoms with Crippen LogP contribution in [0.25, 0.3) is 0 Å². The van der Waals surface area contributed by atoms with Gasteiger partial charge in [0.25, 0.3) is 0 Å². The van der Waals surface area contributed by atoms with Crippen LogP contribution in [0.1, 0.15) is 45.2 Å². The molecule has 1 aliphatic rings. The molecule has 2 rings (SSSR count). The van der Waals surface area contributed by atoms with Crippen molar-refractivity contribution in [1.82, 2.24) is 10.5 Å². The first-order valence-corrected chi connectivity index (χ1v) is 8.77. The average molecular weight is 311 g/mol. The van der Waals surface area contributed by atoms with Crippen molar-refractivity contribution in [2.45, 2.75) is 63.8 Å². The van der Waals surface area contributed by atoms with Crippen molar-refractivity contribution in [3.05, 3.63) is 11.8 Å². The molecule has 0 spiro atoms. The van der Waals surface area contributed by atoms with Crippen LogP contribution in [-0.2, 0) is 4.79 Å². The van der Waals surface area contributed by atoms with Crippen molar-refractivity contribution in [3.8, 4) is 0 Å². The predicted molar refractivity (Wildman–Crippen MR) is 86.6 cm³/mol. The Morgan fingerprint density at radius 2 is 2.29 bits per heavy atom. The number of carbonyl (C=O) groups is 1. The number of rotatable bonds is 6. The Kier molecular flexibility index (Phi) is 6.11. The second-order valence-corrected chi connectivity index (χ2v) is 7.11. The number of aryl methyl sites for hydroxylation is 1. The number of anilines is 1. The highest BCUT2D eigenvalue weighted by Gasteiger charge is 2.28. The lowest BCUT2D eigenvalue weighted by atomic mass is 9.94. The van der Waals surface area contributed by atoms with Crippen LogP contribution in [0.3, 0.4) is 0 Å². The molecule has 0 saturated heterocycles. The van der Waals surface area contributed by atoms with Gasteiger partial charge in [0.1, 0.15) is 0 Å². The Labute approximate surface area is 130 Å². The minimum Gasteiger partial charge on any atom is -0.338 e. The first-order valence-electron chi connectivity index (χ1n) is 7.72. The zero-order chi connectivity index (χ0) is 15.2. The molecule has 1 saturated carbocycles. The number of carbonyl (C=O) groups excluding carboxylic acids is 1. The Balaban J connectivity index is 1.86. The SMILES string of the molecule is CCS[C@@H]1CCCC[C@H]1N[C@@H](C)C(=O)Nc1cc(C)no1. The average Bonchev–Trinajstić information content (AvgIpc) is 2.86. The number of thioether (sulfide) groups is 1. The maximum Gasteiger partial charge on any atom is 0.243 e. The fourth-order valence-electron chi connectivity index (χ4n) is 2.75. The molecule has 1 fully saturated rings. The zero-order valence-electron chi connectivity index (χ0n) is 13.0. The molecule has 6 heteroatoms. The number of aromatic nitrogens is 1. The summed E-state index contributed by atoms with van der Waals surface area (Å²) < 4.78 is 5.02. The third-order valence-corrected chi connectivity index (χ3v) is 5.14. The van der Waals surface area contributed by atoms with Crippen molar-refractivity contribution in [2.24, 2.45) is 0 Å². The molecule has 1 amide bonds. The van der Waals surface area contributed by atoms with Crippen LogP contribution in [0.4, 0.5) is 5.88 Å². The van der Waals surface area contributed by atoms with E-state index in [9.17, 15) is 4.79 Å². The summed E-state index contributed by atoms with van der Waals surface area (Å²) in [5.41, 5.74) is 0.762. The number of amides is 1. The Bertz CT molecular complexity index is 462. The van der Waals surface area contributed by atoms with E-state index in [1.165, 1.54) is 19.3 Å². The lowest BCUT2D eigenvalue weighted by Crippen LogP contribution is -2.49. The second kappa shape index (κ2) is 7.84. The summed E-state index contributed by atoms with van der Waals surface area (Å²) in [7, 11) is 0. The van der Waals surface area contributed by atoms with E-state index in [0.717, 1.165) is 17.9 Å². The number of hydrogen-bond acceptors (Lipinski definition) is 5. The molecule has 21 heavy (non-hydrogen) atoms. The molecular formula is C15H25N3O2S. The smallest absolute Gasteiger partial charge is 0.243 e. The van der Waals surface area contributed by atoms with Crippen LogP contribution in [0.15, 0.2) is 10.6 Å². The van der Waals surface area contributed by atoms with Gasteiger partial charge in [0.15, 0.2) is 0 Å². The van der Waals surface area contributed by atoms with E-state index >= 15 is 0 Å². The van der Waals surface area contributed by atoms with Gasteiger partial charge in [-0.3, -0.25) is 10.1 Å². The summed E-state index contributed by atoms with van der Waals surface area (Å²) in [5.74, 6) is 1.46. The molecule has 1 aromatic rings. The third kappa shape index (κ3) is 4.74. The molecule has 1 aromatic heterocycles. The fraction of sp³-hybridized carbons (Fsp3) is 0.733. The molecule has 0 aromatic carbocycles. The lowest BCUT2D eigenvalue weighted by Gasteiger charge is -2.33. The zero-order valence-corrected chi connectivity index (χ0v) is 13.8. The monoisotopic (exact) mass is 311 g/mol. The normalized spacial score (nSPS) is 23.8.